The van der Waals surface area contributed by atoms with Crippen LogP contribution in [0.25, 0.3) is 0 Å². The van der Waals surface area contributed by atoms with E-state index in [-0.39, 0.29) is 0 Å². The van der Waals surface area contributed by atoms with Crippen LogP contribution in [0.2, 0.25) is 0 Å². The molecule has 0 aromatic heterocycles. The van der Waals surface area contributed by atoms with Crippen molar-refractivity contribution in [2.24, 2.45) is 0 Å². The van der Waals surface area contributed by atoms with E-state index in [4.69, 9.17) is 9.47 Å². The van der Waals surface area contributed by atoms with Gasteiger partial charge in [-0.15, -0.1) is 0 Å². The summed E-state index contributed by atoms with van der Waals surface area (Å²) >= 11 is 0. The molecule has 0 unspecified atom stereocenters. The molecule has 4 heteroatoms. The Kier molecular flexibility index (Phi) is 4.80. The standard InChI is InChI=1S/C15H23NO3/c1-3-19-14-6-4-13(5-7-14)15(2,17)12-16-8-10-18-11-9-16/h4-7,17H,3,8-12H2,1-2H3/t15-/m1/s1. The number of morpholine rings is 1. The zero-order valence-corrected chi connectivity index (χ0v) is 11.8. The summed E-state index contributed by atoms with van der Waals surface area (Å²) < 4.78 is 10.7. The third kappa shape index (κ3) is 3.93. The molecule has 1 atom stereocenters. The number of ether oxygens (including phenoxy) is 2. The molecule has 106 valence electrons. The lowest BCUT2D eigenvalue weighted by Crippen LogP contribution is -2.44. The molecule has 2 rings (SSSR count). The molecule has 1 heterocycles. The molecule has 0 bridgehead atoms. The minimum Gasteiger partial charge on any atom is -0.494 e. The third-order valence-corrected chi connectivity index (χ3v) is 3.42. The first-order valence-electron chi connectivity index (χ1n) is 6.87. The van der Waals surface area contributed by atoms with Crippen LogP contribution in [0, 0.1) is 0 Å². The van der Waals surface area contributed by atoms with Gasteiger partial charge < -0.3 is 14.6 Å². The summed E-state index contributed by atoms with van der Waals surface area (Å²) in [6, 6.07) is 7.69. The van der Waals surface area contributed by atoms with Gasteiger partial charge in [0.15, 0.2) is 0 Å². The summed E-state index contributed by atoms with van der Waals surface area (Å²) in [4.78, 5) is 2.24. The van der Waals surface area contributed by atoms with Crippen LogP contribution in [0.3, 0.4) is 0 Å². The van der Waals surface area contributed by atoms with Crippen LogP contribution in [0.1, 0.15) is 19.4 Å². The Balaban J connectivity index is 2.00. The second kappa shape index (κ2) is 6.37. The zero-order chi connectivity index (χ0) is 13.7. The van der Waals surface area contributed by atoms with Gasteiger partial charge in [0.2, 0.25) is 0 Å². The van der Waals surface area contributed by atoms with Crippen LogP contribution in [-0.2, 0) is 10.3 Å². The van der Waals surface area contributed by atoms with Gasteiger partial charge in [-0.25, -0.2) is 0 Å². The van der Waals surface area contributed by atoms with E-state index in [2.05, 4.69) is 4.90 Å². The highest BCUT2D eigenvalue weighted by atomic mass is 16.5. The van der Waals surface area contributed by atoms with Crippen LogP contribution in [0.15, 0.2) is 24.3 Å². The summed E-state index contributed by atoms with van der Waals surface area (Å²) in [7, 11) is 0. The number of hydrogen-bond donors (Lipinski definition) is 1. The summed E-state index contributed by atoms with van der Waals surface area (Å²) in [5, 5.41) is 10.6. The van der Waals surface area contributed by atoms with E-state index in [0.29, 0.717) is 13.2 Å². The van der Waals surface area contributed by atoms with Gasteiger partial charge in [0, 0.05) is 19.6 Å². The molecule has 0 saturated carbocycles. The minimum absolute atomic E-state index is 0.629. The largest absolute Gasteiger partial charge is 0.494 e. The molecule has 0 aliphatic carbocycles. The van der Waals surface area contributed by atoms with Gasteiger partial charge >= 0.3 is 0 Å². The molecule has 0 radical (unpaired) electrons. The highest BCUT2D eigenvalue weighted by Gasteiger charge is 2.27. The van der Waals surface area contributed by atoms with Gasteiger partial charge in [0.05, 0.1) is 25.4 Å². The Bertz CT molecular complexity index is 383. The van der Waals surface area contributed by atoms with Crippen molar-refractivity contribution < 1.29 is 14.6 Å². The van der Waals surface area contributed by atoms with E-state index >= 15 is 0 Å². The van der Waals surface area contributed by atoms with E-state index in [0.717, 1.165) is 37.6 Å². The van der Waals surface area contributed by atoms with Crippen molar-refractivity contribution in [3.05, 3.63) is 29.8 Å². The maximum Gasteiger partial charge on any atom is 0.119 e. The summed E-state index contributed by atoms with van der Waals surface area (Å²) in [6.45, 7) is 8.37. The second-order valence-electron chi connectivity index (χ2n) is 5.12. The number of β-amino-alcohol motifs (C(OH)–C–C–N with tert-alkyl or cyclic N) is 1. The molecule has 0 spiro atoms. The van der Waals surface area contributed by atoms with E-state index in [9.17, 15) is 5.11 Å². The van der Waals surface area contributed by atoms with Gasteiger partial charge in [-0.3, -0.25) is 4.90 Å². The van der Waals surface area contributed by atoms with Crippen molar-refractivity contribution in [3.63, 3.8) is 0 Å². The van der Waals surface area contributed by atoms with Crippen molar-refractivity contribution >= 4 is 0 Å². The van der Waals surface area contributed by atoms with Crippen LogP contribution in [-0.4, -0.2) is 49.5 Å². The Morgan fingerprint density at radius 3 is 2.47 bits per heavy atom. The summed E-state index contributed by atoms with van der Waals surface area (Å²) in [5.41, 5.74) is 0.0738. The fourth-order valence-electron chi connectivity index (χ4n) is 2.36. The lowest BCUT2D eigenvalue weighted by atomic mass is 9.95. The fourth-order valence-corrected chi connectivity index (χ4v) is 2.36. The highest BCUT2D eigenvalue weighted by Crippen LogP contribution is 2.24. The number of rotatable bonds is 5. The molecule has 1 saturated heterocycles. The molecule has 1 fully saturated rings. The SMILES string of the molecule is CCOc1ccc([C@](C)(O)CN2CCOCC2)cc1. The number of hydrogen-bond acceptors (Lipinski definition) is 4. The van der Waals surface area contributed by atoms with Gasteiger partial charge in [-0.05, 0) is 31.5 Å². The van der Waals surface area contributed by atoms with Crippen LogP contribution < -0.4 is 4.74 Å². The molecule has 19 heavy (non-hydrogen) atoms. The maximum absolute atomic E-state index is 10.6. The Morgan fingerprint density at radius 1 is 1.26 bits per heavy atom. The molecular formula is C15H23NO3. The number of benzene rings is 1. The van der Waals surface area contributed by atoms with Gasteiger partial charge in [0.1, 0.15) is 5.75 Å². The average Bonchev–Trinajstić information content (AvgIpc) is 2.40. The normalized spacial score (nSPS) is 19.9. The third-order valence-electron chi connectivity index (χ3n) is 3.42. The highest BCUT2D eigenvalue weighted by molar-refractivity contribution is 5.30. The van der Waals surface area contributed by atoms with Crippen LogP contribution in [0.5, 0.6) is 5.75 Å². The summed E-state index contributed by atoms with van der Waals surface area (Å²) in [5.74, 6) is 0.841. The number of aliphatic hydroxyl groups is 1. The van der Waals surface area contributed by atoms with Crippen molar-refractivity contribution in [2.45, 2.75) is 19.4 Å². The quantitative estimate of drug-likeness (QED) is 0.878. The Morgan fingerprint density at radius 2 is 1.89 bits per heavy atom. The lowest BCUT2D eigenvalue weighted by molar-refractivity contribution is -0.0254. The fraction of sp³-hybridized carbons (Fsp3) is 0.600. The molecule has 1 aliphatic rings. The first-order valence-corrected chi connectivity index (χ1v) is 6.87. The zero-order valence-electron chi connectivity index (χ0n) is 11.8. The predicted octanol–water partition coefficient (Wildman–Crippen LogP) is 1.62. The molecule has 1 aliphatic heterocycles. The second-order valence-corrected chi connectivity index (χ2v) is 5.12. The van der Waals surface area contributed by atoms with Gasteiger partial charge in [-0.2, -0.15) is 0 Å². The molecule has 4 nitrogen and oxygen atoms in total. The van der Waals surface area contributed by atoms with Crippen LogP contribution in [0.4, 0.5) is 0 Å². The molecule has 1 aromatic carbocycles. The smallest absolute Gasteiger partial charge is 0.119 e. The van der Waals surface area contributed by atoms with Crippen LogP contribution >= 0.6 is 0 Å². The first-order chi connectivity index (χ1) is 9.12. The lowest BCUT2D eigenvalue weighted by Gasteiger charge is -2.34. The van der Waals surface area contributed by atoms with Crippen molar-refractivity contribution in [1.29, 1.82) is 0 Å². The Hall–Kier alpha value is -1.10. The van der Waals surface area contributed by atoms with Gasteiger partial charge in [0.25, 0.3) is 0 Å². The monoisotopic (exact) mass is 265 g/mol. The molecule has 0 amide bonds. The van der Waals surface area contributed by atoms with E-state index in [1.165, 1.54) is 0 Å². The van der Waals surface area contributed by atoms with E-state index in [1.807, 2.05) is 38.1 Å². The average molecular weight is 265 g/mol. The summed E-state index contributed by atoms with van der Waals surface area (Å²) in [6.07, 6.45) is 0. The molecule has 1 aromatic rings. The Labute approximate surface area is 114 Å². The topological polar surface area (TPSA) is 41.9 Å². The molecular weight excluding hydrogens is 242 g/mol. The van der Waals surface area contributed by atoms with Gasteiger partial charge in [-0.1, -0.05) is 12.1 Å². The first kappa shape index (κ1) is 14.3. The van der Waals surface area contributed by atoms with Crippen molar-refractivity contribution in [3.8, 4) is 5.75 Å². The molecule has 1 N–H and O–H groups in total. The number of nitrogens with zero attached hydrogens (tertiary/aromatic N) is 1. The van der Waals surface area contributed by atoms with Crippen molar-refractivity contribution in [2.75, 3.05) is 39.5 Å². The minimum atomic E-state index is -0.845. The van der Waals surface area contributed by atoms with E-state index in [1.54, 1.807) is 0 Å². The van der Waals surface area contributed by atoms with Crippen molar-refractivity contribution in [1.82, 2.24) is 4.90 Å². The maximum atomic E-state index is 10.6. The van der Waals surface area contributed by atoms with E-state index < -0.39 is 5.60 Å². The predicted molar refractivity (Wildman–Crippen MR) is 74.4 cm³/mol.